The van der Waals surface area contributed by atoms with E-state index in [0.29, 0.717) is 13.1 Å². The van der Waals surface area contributed by atoms with Crippen molar-refractivity contribution in [1.29, 1.82) is 0 Å². The minimum atomic E-state index is -0.469. The lowest BCUT2D eigenvalue weighted by molar-refractivity contribution is 0.0105. The van der Waals surface area contributed by atoms with Crippen molar-refractivity contribution in [2.45, 2.75) is 45.8 Å². The van der Waals surface area contributed by atoms with Crippen LogP contribution in [0, 0.1) is 0 Å². The summed E-state index contributed by atoms with van der Waals surface area (Å²) >= 11 is 0. The van der Waals surface area contributed by atoms with E-state index in [-0.39, 0.29) is 12.1 Å². The van der Waals surface area contributed by atoms with Gasteiger partial charge in [0, 0.05) is 44.6 Å². The Bertz CT molecular complexity index is 1130. The highest BCUT2D eigenvalue weighted by Gasteiger charge is 2.33. The molecule has 8 nitrogen and oxygen atoms in total. The highest BCUT2D eigenvalue weighted by Crippen LogP contribution is 2.30. The van der Waals surface area contributed by atoms with Crippen LogP contribution in [0.3, 0.4) is 0 Å². The lowest BCUT2D eigenvalue weighted by Gasteiger charge is -2.40. The lowest BCUT2D eigenvalue weighted by Crippen LogP contribution is -2.57. The number of rotatable bonds is 5. The van der Waals surface area contributed by atoms with Gasteiger partial charge in [0.15, 0.2) is 0 Å². The number of aryl methyl sites for hydroxylation is 2. The smallest absolute Gasteiger partial charge is 0.410 e. The zero-order chi connectivity index (χ0) is 23.0. The van der Waals surface area contributed by atoms with Crippen molar-refractivity contribution in [3.63, 3.8) is 0 Å². The fourth-order valence-electron chi connectivity index (χ4n) is 3.89. The van der Waals surface area contributed by atoms with Gasteiger partial charge < -0.3 is 24.4 Å². The summed E-state index contributed by atoms with van der Waals surface area (Å²) in [6.45, 7) is 9.10. The summed E-state index contributed by atoms with van der Waals surface area (Å²) in [4.78, 5) is 24.9. The molecule has 2 aromatic heterocycles. The number of hydrogen-bond acceptors (Lipinski definition) is 6. The summed E-state index contributed by atoms with van der Waals surface area (Å²) < 4.78 is 7.43. The minimum Gasteiger partial charge on any atom is -0.444 e. The van der Waals surface area contributed by atoms with E-state index in [1.165, 1.54) is 5.56 Å². The number of fused-ring (bicyclic) bond motifs is 1. The van der Waals surface area contributed by atoms with Gasteiger partial charge in [0.2, 0.25) is 0 Å². The first-order valence-electron chi connectivity index (χ1n) is 11.0. The van der Waals surface area contributed by atoms with Gasteiger partial charge in [0.25, 0.3) is 0 Å². The van der Waals surface area contributed by atoms with Crippen LogP contribution in [0.1, 0.15) is 33.3 Å². The molecule has 1 amide bonds. The van der Waals surface area contributed by atoms with E-state index in [0.717, 1.165) is 34.6 Å². The molecule has 0 spiro atoms. The van der Waals surface area contributed by atoms with Crippen LogP contribution in [0.25, 0.3) is 11.0 Å². The fraction of sp³-hybridized carbons (Fsp3) is 0.458. The van der Waals surface area contributed by atoms with Gasteiger partial charge in [-0.2, -0.15) is 0 Å². The monoisotopic (exact) mass is 436 g/mol. The fourth-order valence-corrected chi connectivity index (χ4v) is 3.89. The average Bonchev–Trinajstić information content (AvgIpc) is 3.08. The van der Waals surface area contributed by atoms with Crippen LogP contribution in [-0.2, 0) is 18.2 Å². The maximum atomic E-state index is 12.1. The number of benzene rings is 1. The maximum Gasteiger partial charge on any atom is 0.410 e. The summed E-state index contributed by atoms with van der Waals surface area (Å²) in [5.41, 5.74) is 4.88. The average molecular weight is 437 g/mol. The van der Waals surface area contributed by atoms with Gasteiger partial charge in [-0.25, -0.2) is 14.8 Å². The van der Waals surface area contributed by atoms with Gasteiger partial charge in [-0.05, 0) is 51.0 Å². The number of carbonyl (C=O) groups excluding carboxylic acids is 1. The van der Waals surface area contributed by atoms with Crippen molar-refractivity contribution in [3.05, 3.63) is 42.4 Å². The Morgan fingerprint density at radius 3 is 2.69 bits per heavy atom. The molecule has 0 aliphatic carbocycles. The third kappa shape index (κ3) is 4.49. The largest absolute Gasteiger partial charge is 0.444 e. The van der Waals surface area contributed by atoms with Crippen molar-refractivity contribution in [2.75, 3.05) is 30.4 Å². The maximum absolute atomic E-state index is 12.1. The van der Waals surface area contributed by atoms with E-state index < -0.39 is 5.60 Å². The first-order valence-corrected chi connectivity index (χ1v) is 11.0. The highest BCUT2D eigenvalue weighted by atomic mass is 16.6. The number of carbonyl (C=O) groups is 1. The molecule has 1 saturated heterocycles. The van der Waals surface area contributed by atoms with E-state index in [4.69, 9.17) is 4.74 Å². The van der Waals surface area contributed by atoms with Gasteiger partial charge in [-0.15, -0.1) is 0 Å². The summed E-state index contributed by atoms with van der Waals surface area (Å²) in [5, 5.41) is 3.54. The Morgan fingerprint density at radius 1 is 1.25 bits per heavy atom. The molecule has 4 rings (SSSR count). The molecule has 1 aromatic carbocycles. The molecule has 0 atom stereocenters. The van der Waals surface area contributed by atoms with E-state index in [9.17, 15) is 4.79 Å². The van der Waals surface area contributed by atoms with Gasteiger partial charge >= 0.3 is 6.09 Å². The number of hydrogen-bond donors (Lipinski definition) is 1. The molecular formula is C24H32N6O2. The molecule has 0 saturated carbocycles. The molecule has 32 heavy (non-hydrogen) atoms. The number of aromatic nitrogens is 3. The standard InChI is InChI=1S/C24H32N6O2/c1-7-16-10-17(27-18-13-30(14-18)23(31)32-24(2,3)4)8-9-20(16)29(6)22-11-21-19(12-25-22)26-15-28(21)5/h8-12,15,18,27H,7,13-14H2,1-6H3. The van der Waals surface area contributed by atoms with E-state index in [2.05, 4.69) is 51.4 Å². The Labute approximate surface area is 189 Å². The SMILES string of the molecule is CCc1cc(NC2CN(C(=O)OC(C)(C)C)C2)ccc1N(C)c1cc2c(cn1)ncn2C. The van der Waals surface area contributed by atoms with E-state index in [1.54, 1.807) is 11.2 Å². The highest BCUT2D eigenvalue weighted by molar-refractivity contribution is 5.79. The Morgan fingerprint density at radius 2 is 2.00 bits per heavy atom. The Kier molecular flexibility index (Phi) is 5.71. The summed E-state index contributed by atoms with van der Waals surface area (Å²) in [7, 11) is 4.03. The molecule has 1 N–H and O–H groups in total. The minimum absolute atomic E-state index is 0.227. The Balaban J connectivity index is 1.44. The van der Waals surface area contributed by atoms with Crippen LogP contribution in [0.5, 0.6) is 0 Å². The third-order valence-electron chi connectivity index (χ3n) is 5.67. The lowest BCUT2D eigenvalue weighted by atomic mass is 10.1. The zero-order valence-corrected chi connectivity index (χ0v) is 19.7. The quantitative estimate of drug-likeness (QED) is 0.642. The predicted molar refractivity (Wildman–Crippen MR) is 128 cm³/mol. The summed E-state index contributed by atoms with van der Waals surface area (Å²) in [6, 6.07) is 8.69. The van der Waals surface area contributed by atoms with Crippen LogP contribution in [0.2, 0.25) is 0 Å². The Hall–Kier alpha value is -3.29. The molecular weight excluding hydrogens is 404 g/mol. The van der Waals surface area contributed by atoms with Gasteiger partial charge in [0.1, 0.15) is 16.9 Å². The first kappa shape index (κ1) is 21.9. The number of nitrogens with zero attached hydrogens (tertiary/aromatic N) is 5. The van der Waals surface area contributed by atoms with Gasteiger partial charge in [0.05, 0.1) is 24.1 Å². The topological polar surface area (TPSA) is 75.5 Å². The van der Waals surface area contributed by atoms with E-state index >= 15 is 0 Å². The van der Waals surface area contributed by atoms with Crippen LogP contribution in [-0.4, -0.2) is 57.3 Å². The molecule has 0 unspecified atom stereocenters. The van der Waals surface area contributed by atoms with Crippen molar-refractivity contribution >= 4 is 34.3 Å². The van der Waals surface area contributed by atoms with Crippen molar-refractivity contribution in [1.82, 2.24) is 19.4 Å². The molecule has 1 fully saturated rings. The van der Waals surface area contributed by atoms with E-state index in [1.807, 2.05) is 45.6 Å². The molecule has 8 heteroatoms. The zero-order valence-electron chi connectivity index (χ0n) is 19.7. The van der Waals surface area contributed by atoms with Crippen LogP contribution in [0.4, 0.5) is 22.0 Å². The molecule has 1 aliphatic heterocycles. The molecule has 0 radical (unpaired) electrons. The first-order chi connectivity index (χ1) is 15.1. The number of likely N-dealkylation sites (tertiary alicyclic amines) is 1. The van der Waals surface area contributed by atoms with Crippen LogP contribution >= 0.6 is 0 Å². The number of pyridine rings is 1. The normalized spacial score (nSPS) is 14.4. The van der Waals surface area contributed by atoms with Crippen molar-refractivity contribution in [3.8, 4) is 0 Å². The van der Waals surface area contributed by atoms with Crippen LogP contribution < -0.4 is 10.2 Å². The molecule has 3 heterocycles. The number of amides is 1. The van der Waals surface area contributed by atoms with Gasteiger partial charge in [-0.1, -0.05) is 6.92 Å². The predicted octanol–water partition coefficient (Wildman–Crippen LogP) is 4.33. The summed E-state index contributed by atoms with van der Waals surface area (Å²) in [6.07, 6.45) is 4.27. The second kappa shape index (κ2) is 8.33. The molecule has 0 bridgehead atoms. The third-order valence-corrected chi connectivity index (χ3v) is 5.67. The number of nitrogens with one attached hydrogen (secondary N) is 1. The number of anilines is 3. The van der Waals surface area contributed by atoms with Crippen molar-refractivity contribution in [2.24, 2.45) is 7.05 Å². The summed E-state index contributed by atoms with van der Waals surface area (Å²) in [5.74, 6) is 0.878. The molecule has 170 valence electrons. The number of imidazole rings is 1. The number of ether oxygens (including phenoxy) is 1. The second-order valence-electron chi connectivity index (χ2n) is 9.37. The van der Waals surface area contributed by atoms with Gasteiger partial charge in [-0.3, -0.25) is 0 Å². The van der Waals surface area contributed by atoms with Crippen molar-refractivity contribution < 1.29 is 9.53 Å². The molecule has 3 aromatic rings. The molecule has 1 aliphatic rings. The van der Waals surface area contributed by atoms with Crippen LogP contribution in [0.15, 0.2) is 36.8 Å². The second-order valence-corrected chi connectivity index (χ2v) is 9.37.